The first-order valence-electron chi connectivity index (χ1n) is 11.6. The number of carbonyl (C=O) groups is 1. The number of anilines is 3. The molecule has 2 aromatic heterocycles. The Morgan fingerprint density at radius 1 is 1.09 bits per heavy atom. The van der Waals surface area contributed by atoms with Crippen molar-refractivity contribution >= 4 is 57.9 Å². The average Bonchev–Trinajstić information content (AvgIpc) is 3.39. The number of halogens is 2. The van der Waals surface area contributed by atoms with Gasteiger partial charge >= 0.3 is 0 Å². The van der Waals surface area contributed by atoms with Crippen LogP contribution in [-0.4, -0.2) is 42.7 Å². The van der Waals surface area contributed by atoms with E-state index in [0.29, 0.717) is 51.6 Å². The minimum atomic E-state index is -0.409. The van der Waals surface area contributed by atoms with E-state index < -0.39 is 6.10 Å². The summed E-state index contributed by atoms with van der Waals surface area (Å²) in [5.41, 5.74) is 7.40. The summed E-state index contributed by atoms with van der Waals surface area (Å²) in [6, 6.07) is 5.29. The average molecular weight is 504 g/mol. The second-order valence-corrected chi connectivity index (χ2v) is 9.90. The molecule has 3 aromatic rings. The Balaban J connectivity index is 1.53. The van der Waals surface area contributed by atoms with E-state index in [2.05, 4.69) is 15.6 Å². The van der Waals surface area contributed by atoms with Crippen LogP contribution >= 0.6 is 23.2 Å². The fourth-order valence-electron chi connectivity index (χ4n) is 5.02. The second-order valence-electron chi connectivity index (χ2n) is 9.09. The normalized spacial score (nSPS) is 24.9. The smallest absolute Gasteiger partial charge is 0.225 e. The van der Waals surface area contributed by atoms with E-state index in [1.54, 1.807) is 24.4 Å². The van der Waals surface area contributed by atoms with E-state index in [1.807, 2.05) is 4.57 Å². The first-order chi connectivity index (χ1) is 16.4. The molecule has 11 heteroatoms. The number of hydrogen-bond acceptors (Lipinski definition) is 7. The van der Waals surface area contributed by atoms with Crippen LogP contribution in [0.25, 0.3) is 11.2 Å². The fourth-order valence-corrected chi connectivity index (χ4v) is 5.51. The maximum absolute atomic E-state index is 11.7. The molecule has 9 nitrogen and oxygen atoms in total. The molecule has 0 aliphatic heterocycles. The molecule has 0 saturated heterocycles. The molecule has 2 atom stereocenters. The number of nitrogens with two attached hydrogens (primary N) is 1. The third kappa shape index (κ3) is 4.52. The topological polar surface area (TPSA) is 131 Å². The molecule has 0 spiro atoms. The van der Waals surface area contributed by atoms with Crippen molar-refractivity contribution in [3.05, 3.63) is 34.4 Å². The molecular weight excluding hydrogens is 477 g/mol. The predicted molar refractivity (Wildman–Crippen MR) is 133 cm³/mol. The number of nitrogens with zero attached hydrogens (tertiary/aromatic N) is 4. The van der Waals surface area contributed by atoms with Crippen LogP contribution in [0, 0.1) is 5.92 Å². The highest BCUT2D eigenvalue weighted by molar-refractivity contribution is 6.39. The summed E-state index contributed by atoms with van der Waals surface area (Å²) in [4.78, 5) is 25.6. The quantitative estimate of drug-likeness (QED) is 0.391. The number of imidazole rings is 1. The van der Waals surface area contributed by atoms with Crippen molar-refractivity contribution in [1.29, 1.82) is 0 Å². The second kappa shape index (κ2) is 9.56. The standard InChI is InChI=1S/C23H27Cl2N7O2/c24-14-3-1-4-15(25)19(14)30-23-29-17-11-27-22(28-16-5-2-6-18(16)33)31-21(17)32(23)13-9-7-12(8-10-13)20(26)34/h1,3-4,11-13,16,18,33H,2,5-10H2,(H2,26,34)(H,29,30)(H,27,28,31)/t12-,13+,16-,18-/m0/s1. The number of hydrogen-bond donors (Lipinski definition) is 4. The number of nitrogens with one attached hydrogen (secondary N) is 2. The Bertz CT molecular complexity index is 1190. The zero-order valence-corrected chi connectivity index (χ0v) is 20.1. The number of rotatable bonds is 6. The number of benzene rings is 1. The van der Waals surface area contributed by atoms with Gasteiger partial charge in [-0.25, -0.2) is 9.97 Å². The largest absolute Gasteiger partial charge is 0.391 e. The van der Waals surface area contributed by atoms with Gasteiger partial charge in [-0.15, -0.1) is 0 Å². The number of carbonyl (C=O) groups excluding carboxylic acids is 1. The van der Waals surface area contributed by atoms with Crippen LogP contribution < -0.4 is 16.4 Å². The molecule has 5 rings (SSSR count). The van der Waals surface area contributed by atoms with Crippen LogP contribution in [0.2, 0.25) is 10.0 Å². The maximum atomic E-state index is 11.7. The Hall–Kier alpha value is -2.62. The zero-order valence-electron chi connectivity index (χ0n) is 18.5. The van der Waals surface area contributed by atoms with E-state index >= 15 is 0 Å². The number of aliphatic hydroxyl groups is 1. The minimum Gasteiger partial charge on any atom is -0.391 e. The summed E-state index contributed by atoms with van der Waals surface area (Å²) in [7, 11) is 0. The number of aromatic nitrogens is 4. The molecule has 0 bridgehead atoms. The zero-order chi connectivity index (χ0) is 23.8. The molecule has 1 amide bonds. The monoisotopic (exact) mass is 503 g/mol. The van der Waals surface area contributed by atoms with Gasteiger partial charge in [-0.05, 0) is 57.1 Å². The third-order valence-corrected chi connectivity index (χ3v) is 7.52. The molecule has 180 valence electrons. The number of para-hydroxylation sites is 1. The summed E-state index contributed by atoms with van der Waals surface area (Å²) in [5.74, 6) is 0.642. The van der Waals surface area contributed by atoms with Gasteiger partial charge in [-0.1, -0.05) is 29.3 Å². The molecule has 0 unspecified atom stereocenters. The van der Waals surface area contributed by atoms with Gasteiger partial charge in [0, 0.05) is 12.0 Å². The van der Waals surface area contributed by atoms with E-state index in [-0.39, 0.29) is 23.9 Å². The van der Waals surface area contributed by atoms with Gasteiger partial charge in [-0.2, -0.15) is 4.98 Å². The van der Waals surface area contributed by atoms with E-state index in [4.69, 9.17) is 38.9 Å². The number of amides is 1. The molecule has 5 N–H and O–H groups in total. The lowest BCUT2D eigenvalue weighted by Gasteiger charge is -2.29. The van der Waals surface area contributed by atoms with Crippen LogP contribution in [0.3, 0.4) is 0 Å². The van der Waals surface area contributed by atoms with E-state index in [1.165, 1.54) is 0 Å². The molecule has 2 saturated carbocycles. The van der Waals surface area contributed by atoms with Gasteiger partial charge in [0.2, 0.25) is 17.8 Å². The summed E-state index contributed by atoms with van der Waals surface area (Å²) in [6.07, 6.45) is 6.81. The van der Waals surface area contributed by atoms with Crippen LogP contribution in [0.4, 0.5) is 17.6 Å². The van der Waals surface area contributed by atoms with Gasteiger partial charge in [0.25, 0.3) is 0 Å². The van der Waals surface area contributed by atoms with Gasteiger partial charge < -0.3 is 21.5 Å². The van der Waals surface area contributed by atoms with Crippen molar-refractivity contribution in [2.75, 3.05) is 10.6 Å². The first-order valence-corrected chi connectivity index (χ1v) is 12.4. The lowest BCUT2D eigenvalue weighted by molar-refractivity contribution is -0.122. The molecule has 1 aromatic carbocycles. The van der Waals surface area contributed by atoms with Gasteiger partial charge in [0.1, 0.15) is 5.52 Å². The van der Waals surface area contributed by atoms with Crippen LogP contribution in [-0.2, 0) is 4.79 Å². The highest BCUT2D eigenvalue weighted by Gasteiger charge is 2.30. The predicted octanol–water partition coefficient (Wildman–Crippen LogP) is 4.42. The number of primary amides is 1. The summed E-state index contributed by atoms with van der Waals surface area (Å²) in [5, 5.41) is 17.7. The molecule has 2 aliphatic rings. The van der Waals surface area contributed by atoms with Crippen molar-refractivity contribution in [1.82, 2.24) is 19.5 Å². The van der Waals surface area contributed by atoms with E-state index in [0.717, 1.165) is 32.1 Å². The Morgan fingerprint density at radius 3 is 2.47 bits per heavy atom. The Labute approximate surface area is 207 Å². The summed E-state index contributed by atoms with van der Waals surface area (Å²) < 4.78 is 2.05. The number of aliphatic hydroxyl groups excluding tert-OH is 1. The third-order valence-electron chi connectivity index (χ3n) is 6.89. The van der Waals surface area contributed by atoms with Gasteiger partial charge in [0.15, 0.2) is 5.65 Å². The molecule has 34 heavy (non-hydrogen) atoms. The highest BCUT2D eigenvalue weighted by atomic mass is 35.5. The van der Waals surface area contributed by atoms with Crippen LogP contribution in [0.1, 0.15) is 51.0 Å². The number of fused-ring (bicyclic) bond motifs is 1. The SMILES string of the molecule is NC(=O)[C@H]1CC[C@@H](n2c(Nc3c(Cl)cccc3Cl)nc3cnc(N[C@H]4CCC[C@@H]4O)nc32)CC1. The molecule has 2 heterocycles. The Kier molecular flexibility index (Phi) is 6.50. The van der Waals surface area contributed by atoms with Crippen LogP contribution in [0.5, 0.6) is 0 Å². The fraction of sp³-hybridized carbons (Fsp3) is 0.478. The van der Waals surface area contributed by atoms with Gasteiger partial charge in [0.05, 0.1) is 34.1 Å². The van der Waals surface area contributed by atoms with Crippen molar-refractivity contribution in [3.63, 3.8) is 0 Å². The lowest BCUT2D eigenvalue weighted by atomic mass is 9.85. The van der Waals surface area contributed by atoms with Crippen molar-refractivity contribution in [2.45, 2.75) is 63.1 Å². The first kappa shape index (κ1) is 23.1. The molecule has 0 radical (unpaired) electrons. The molecule has 2 aliphatic carbocycles. The van der Waals surface area contributed by atoms with E-state index in [9.17, 15) is 9.90 Å². The van der Waals surface area contributed by atoms with Crippen molar-refractivity contribution < 1.29 is 9.90 Å². The summed E-state index contributed by atoms with van der Waals surface area (Å²) >= 11 is 12.8. The maximum Gasteiger partial charge on any atom is 0.225 e. The summed E-state index contributed by atoms with van der Waals surface area (Å²) in [6.45, 7) is 0. The van der Waals surface area contributed by atoms with Crippen molar-refractivity contribution in [3.8, 4) is 0 Å². The Morgan fingerprint density at radius 2 is 1.82 bits per heavy atom. The highest BCUT2D eigenvalue weighted by Crippen LogP contribution is 2.39. The van der Waals surface area contributed by atoms with Crippen molar-refractivity contribution in [2.24, 2.45) is 11.7 Å². The van der Waals surface area contributed by atoms with Crippen LogP contribution in [0.15, 0.2) is 24.4 Å². The molecular formula is C23H27Cl2N7O2. The van der Waals surface area contributed by atoms with Gasteiger partial charge in [-0.3, -0.25) is 9.36 Å². The molecule has 2 fully saturated rings. The minimum absolute atomic E-state index is 0.0594. The lowest BCUT2D eigenvalue weighted by Crippen LogP contribution is -2.29.